The smallest absolute Gasteiger partial charge is 0.255 e. The van der Waals surface area contributed by atoms with E-state index in [1.807, 2.05) is 50.2 Å². The first-order chi connectivity index (χ1) is 10.5. The maximum absolute atomic E-state index is 12.2. The van der Waals surface area contributed by atoms with Gasteiger partial charge in [-0.1, -0.05) is 28.6 Å². The highest BCUT2D eigenvalue weighted by molar-refractivity contribution is 9.10. The zero-order valence-corrected chi connectivity index (χ0v) is 14.2. The van der Waals surface area contributed by atoms with Gasteiger partial charge in [-0.3, -0.25) is 4.79 Å². The largest absolute Gasteiger partial charge is 0.489 e. The van der Waals surface area contributed by atoms with Gasteiger partial charge >= 0.3 is 0 Å². The van der Waals surface area contributed by atoms with Crippen molar-refractivity contribution in [3.8, 4) is 5.75 Å². The number of hydrogen-bond donors (Lipinski definition) is 1. The number of hydrogen-bond acceptors (Lipinski definition) is 2. The van der Waals surface area contributed by atoms with E-state index < -0.39 is 0 Å². The van der Waals surface area contributed by atoms with E-state index in [2.05, 4.69) is 27.8 Å². The second-order valence-corrected chi connectivity index (χ2v) is 6.04. The molecule has 2 rings (SSSR count). The van der Waals surface area contributed by atoms with Gasteiger partial charge in [0, 0.05) is 15.7 Å². The number of aryl methyl sites for hydroxylation is 1. The number of ether oxygens (including phenoxy) is 1. The van der Waals surface area contributed by atoms with Crippen LogP contribution in [0.15, 0.2) is 59.1 Å². The molecule has 0 atom stereocenters. The molecule has 2 aromatic rings. The van der Waals surface area contributed by atoms with Crippen molar-refractivity contribution < 1.29 is 9.53 Å². The Kier molecular flexibility index (Phi) is 5.39. The summed E-state index contributed by atoms with van der Waals surface area (Å²) < 4.78 is 6.44. The number of carbonyl (C=O) groups is 1. The molecule has 0 saturated heterocycles. The summed E-state index contributed by atoms with van der Waals surface area (Å²) in [6.07, 6.45) is 0. The third-order valence-corrected chi connectivity index (χ3v) is 3.89. The minimum atomic E-state index is -0.142. The van der Waals surface area contributed by atoms with Gasteiger partial charge in [0.05, 0.1) is 0 Å². The highest BCUT2D eigenvalue weighted by atomic mass is 79.9. The predicted molar refractivity (Wildman–Crippen MR) is 93.6 cm³/mol. The SMILES string of the molecule is C=C(C)COc1ccc(NC(=O)c2ccc(C)c(Br)c2)cc1. The number of nitrogens with one attached hydrogen (secondary N) is 1. The molecular formula is C18H18BrNO2. The van der Waals surface area contributed by atoms with Gasteiger partial charge in [0.15, 0.2) is 0 Å². The average molecular weight is 360 g/mol. The number of halogens is 1. The molecule has 0 aliphatic heterocycles. The number of amides is 1. The van der Waals surface area contributed by atoms with Crippen molar-refractivity contribution in [2.24, 2.45) is 0 Å². The molecule has 22 heavy (non-hydrogen) atoms. The summed E-state index contributed by atoms with van der Waals surface area (Å²) in [5, 5.41) is 2.86. The summed E-state index contributed by atoms with van der Waals surface area (Å²) >= 11 is 3.43. The summed E-state index contributed by atoms with van der Waals surface area (Å²) in [5.41, 5.74) is 3.39. The number of benzene rings is 2. The quantitative estimate of drug-likeness (QED) is 0.765. The fourth-order valence-corrected chi connectivity index (χ4v) is 2.16. The van der Waals surface area contributed by atoms with Crippen molar-refractivity contribution in [1.29, 1.82) is 0 Å². The molecule has 0 aliphatic rings. The third kappa shape index (κ3) is 4.46. The van der Waals surface area contributed by atoms with Crippen LogP contribution < -0.4 is 10.1 Å². The molecule has 114 valence electrons. The minimum absolute atomic E-state index is 0.142. The molecule has 1 N–H and O–H groups in total. The van der Waals surface area contributed by atoms with Crippen molar-refractivity contribution in [2.45, 2.75) is 13.8 Å². The fourth-order valence-electron chi connectivity index (χ4n) is 1.78. The summed E-state index contributed by atoms with van der Waals surface area (Å²) in [7, 11) is 0. The maximum Gasteiger partial charge on any atom is 0.255 e. The van der Waals surface area contributed by atoms with Crippen LogP contribution in [0, 0.1) is 6.92 Å². The maximum atomic E-state index is 12.2. The van der Waals surface area contributed by atoms with Crippen molar-refractivity contribution in [3.05, 3.63) is 70.2 Å². The van der Waals surface area contributed by atoms with Gasteiger partial charge in [-0.25, -0.2) is 0 Å². The van der Waals surface area contributed by atoms with E-state index in [1.54, 1.807) is 6.07 Å². The van der Waals surface area contributed by atoms with E-state index in [1.165, 1.54) is 0 Å². The molecule has 1 amide bonds. The Morgan fingerprint density at radius 2 is 1.91 bits per heavy atom. The van der Waals surface area contributed by atoms with Crippen LogP contribution in [-0.4, -0.2) is 12.5 Å². The lowest BCUT2D eigenvalue weighted by Gasteiger charge is -2.09. The Bertz CT molecular complexity index is 693. The summed E-state index contributed by atoms with van der Waals surface area (Å²) in [5.74, 6) is 0.607. The summed E-state index contributed by atoms with van der Waals surface area (Å²) in [6, 6.07) is 12.8. The van der Waals surface area contributed by atoms with Crippen LogP contribution in [0.2, 0.25) is 0 Å². The van der Waals surface area contributed by atoms with Crippen molar-refractivity contribution >= 4 is 27.5 Å². The predicted octanol–water partition coefficient (Wildman–Crippen LogP) is 4.96. The standard InChI is InChI=1S/C18H18BrNO2/c1-12(2)11-22-16-8-6-15(7-9-16)20-18(21)14-5-4-13(3)17(19)10-14/h4-10H,1,11H2,2-3H3,(H,20,21). The van der Waals surface area contributed by atoms with E-state index in [0.717, 1.165) is 27.0 Å². The minimum Gasteiger partial charge on any atom is -0.489 e. The van der Waals surface area contributed by atoms with Gasteiger partial charge in [-0.05, 0) is 61.4 Å². The van der Waals surface area contributed by atoms with E-state index in [-0.39, 0.29) is 5.91 Å². The molecule has 3 nitrogen and oxygen atoms in total. The first-order valence-corrected chi connectivity index (χ1v) is 7.70. The molecule has 2 aromatic carbocycles. The Morgan fingerprint density at radius 1 is 1.23 bits per heavy atom. The van der Waals surface area contributed by atoms with Gasteiger partial charge < -0.3 is 10.1 Å². The van der Waals surface area contributed by atoms with Gasteiger partial charge in [0.2, 0.25) is 0 Å². The molecule has 0 bridgehead atoms. The van der Waals surface area contributed by atoms with Crippen molar-refractivity contribution in [1.82, 2.24) is 0 Å². The molecule has 0 spiro atoms. The van der Waals surface area contributed by atoms with Crippen LogP contribution in [-0.2, 0) is 0 Å². The highest BCUT2D eigenvalue weighted by Crippen LogP contribution is 2.20. The van der Waals surface area contributed by atoms with Crippen LogP contribution in [0.1, 0.15) is 22.8 Å². The summed E-state index contributed by atoms with van der Waals surface area (Å²) in [6.45, 7) is 8.17. The van der Waals surface area contributed by atoms with Gasteiger partial charge in [0.25, 0.3) is 5.91 Å². The number of carbonyl (C=O) groups excluding carboxylic acids is 1. The topological polar surface area (TPSA) is 38.3 Å². The Labute approximate surface area is 139 Å². The molecule has 0 radical (unpaired) electrons. The van der Waals surface area contributed by atoms with Crippen molar-refractivity contribution in [3.63, 3.8) is 0 Å². The second-order valence-electron chi connectivity index (χ2n) is 5.19. The van der Waals surface area contributed by atoms with Crippen LogP contribution in [0.5, 0.6) is 5.75 Å². The first kappa shape index (κ1) is 16.3. The van der Waals surface area contributed by atoms with Crippen LogP contribution in [0.25, 0.3) is 0 Å². The Morgan fingerprint density at radius 3 is 2.50 bits per heavy atom. The lowest BCUT2D eigenvalue weighted by Crippen LogP contribution is -2.11. The fraction of sp³-hybridized carbons (Fsp3) is 0.167. The van der Waals surface area contributed by atoms with E-state index in [9.17, 15) is 4.79 Å². The second kappa shape index (κ2) is 7.27. The van der Waals surface area contributed by atoms with E-state index in [4.69, 9.17) is 4.74 Å². The zero-order valence-electron chi connectivity index (χ0n) is 12.7. The molecule has 0 unspecified atom stereocenters. The molecule has 4 heteroatoms. The lowest BCUT2D eigenvalue weighted by atomic mass is 10.1. The van der Waals surface area contributed by atoms with Crippen LogP contribution >= 0.6 is 15.9 Å². The lowest BCUT2D eigenvalue weighted by molar-refractivity contribution is 0.102. The Hall–Kier alpha value is -2.07. The summed E-state index contributed by atoms with van der Waals surface area (Å²) in [4.78, 5) is 12.2. The van der Waals surface area contributed by atoms with E-state index in [0.29, 0.717) is 12.2 Å². The van der Waals surface area contributed by atoms with Gasteiger partial charge in [-0.15, -0.1) is 0 Å². The third-order valence-electron chi connectivity index (χ3n) is 3.03. The molecular weight excluding hydrogens is 342 g/mol. The number of anilines is 1. The van der Waals surface area contributed by atoms with Crippen LogP contribution in [0.3, 0.4) is 0 Å². The molecule has 0 aromatic heterocycles. The van der Waals surface area contributed by atoms with Crippen molar-refractivity contribution in [2.75, 3.05) is 11.9 Å². The number of rotatable bonds is 5. The Balaban J connectivity index is 2.02. The normalized spacial score (nSPS) is 10.1. The van der Waals surface area contributed by atoms with Gasteiger partial charge in [0.1, 0.15) is 12.4 Å². The monoisotopic (exact) mass is 359 g/mol. The molecule has 0 saturated carbocycles. The highest BCUT2D eigenvalue weighted by Gasteiger charge is 2.07. The first-order valence-electron chi connectivity index (χ1n) is 6.90. The molecule has 0 fully saturated rings. The molecule has 0 heterocycles. The molecule has 0 aliphatic carbocycles. The van der Waals surface area contributed by atoms with Gasteiger partial charge in [-0.2, -0.15) is 0 Å². The average Bonchev–Trinajstić information content (AvgIpc) is 2.49. The van der Waals surface area contributed by atoms with Crippen LogP contribution in [0.4, 0.5) is 5.69 Å². The van der Waals surface area contributed by atoms with E-state index >= 15 is 0 Å². The zero-order chi connectivity index (χ0) is 16.1.